The van der Waals surface area contributed by atoms with E-state index in [9.17, 15) is 4.79 Å². The van der Waals surface area contributed by atoms with E-state index in [-0.39, 0.29) is 18.3 Å². The zero-order chi connectivity index (χ0) is 12.7. The lowest BCUT2D eigenvalue weighted by Gasteiger charge is -2.07. The van der Waals surface area contributed by atoms with Gasteiger partial charge in [-0.2, -0.15) is 0 Å². The summed E-state index contributed by atoms with van der Waals surface area (Å²) in [6.07, 6.45) is -0.758. The summed E-state index contributed by atoms with van der Waals surface area (Å²) in [6.45, 7) is 1.69. The Balaban J connectivity index is 2.30. The fourth-order valence-corrected chi connectivity index (χ4v) is 2.01. The van der Waals surface area contributed by atoms with E-state index < -0.39 is 6.10 Å². The van der Waals surface area contributed by atoms with E-state index in [1.807, 2.05) is 31.2 Å². The summed E-state index contributed by atoms with van der Waals surface area (Å²) in [5.41, 5.74) is 1.87. The molecular weight excluding hydrogens is 238 g/mol. The van der Waals surface area contributed by atoms with E-state index in [0.29, 0.717) is 5.75 Å². The molecule has 0 heterocycles. The van der Waals surface area contributed by atoms with Gasteiger partial charge in [-0.15, -0.1) is 11.8 Å². The van der Waals surface area contributed by atoms with Gasteiger partial charge in [0.25, 0.3) is 0 Å². The van der Waals surface area contributed by atoms with Crippen molar-refractivity contribution in [3.05, 3.63) is 29.8 Å². The van der Waals surface area contributed by atoms with Gasteiger partial charge < -0.3 is 15.5 Å². The van der Waals surface area contributed by atoms with Gasteiger partial charge in [-0.1, -0.05) is 12.1 Å². The van der Waals surface area contributed by atoms with Gasteiger partial charge in [0.15, 0.2) is 0 Å². The van der Waals surface area contributed by atoms with Crippen LogP contribution in [0.5, 0.6) is 0 Å². The molecule has 0 aliphatic rings. The second kappa shape index (κ2) is 7.32. The standard InChI is InChI=1S/C12H17NO3S/c1-9-3-2-4-10(5-9)13-12(16)8-17-7-11(15)6-14/h2-5,11,14-15H,6-8H2,1H3,(H,13,16). The molecule has 0 aromatic heterocycles. The van der Waals surface area contributed by atoms with Gasteiger partial charge >= 0.3 is 0 Å². The minimum atomic E-state index is -0.758. The van der Waals surface area contributed by atoms with Gasteiger partial charge in [0.2, 0.25) is 5.91 Å². The monoisotopic (exact) mass is 255 g/mol. The van der Waals surface area contributed by atoms with Gasteiger partial charge in [0, 0.05) is 11.4 Å². The van der Waals surface area contributed by atoms with Crippen LogP contribution in [-0.2, 0) is 4.79 Å². The summed E-state index contributed by atoms with van der Waals surface area (Å²) in [5.74, 6) is 0.522. The summed E-state index contributed by atoms with van der Waals surface area (Å²) in [4.78, 5) is 11.5. The van der Waals surface area contributed by atoms with Crippen LogP contribution >= 0.6 is 11.8 Å². The molecule has 0 fully saturated rings. The molecule has 1 amide bonds. The van der Waals surface area contributed by atoms with Crippen molar-refractivity contribution in [2.24, 2.45) is 0 Å². The Morgan fingerprint density at radius 2 is 2.29 bits per heavy atom. The molecule has 1 aromatic carbocycles. The van der Waals surface area contributed by atoms with Gasteiger partial charge in [0.05, 0.1) is 18.5 Å². The molecule has 94 valence electrons. The Morgan fingerprint density at radius 3 is 2.94 bits per heavy atom. The van der Waals surface area contributed by atoms with E-state index in [4.69, 9.17) is 10.2 Å². The predicted octanol–water partition coefficient (Wildman–Crippen LogP) is 1.02. The van der Waals surface area contributed by atoms with Crippen molar-refractivity contribution in [2.75, 3.05) is 23.4 Å². The number of carbonyl (C=O) groups is 1. The number of aliphatic hydroxyl groups is 2. The van der Waals surface area contributed by atoms with Gasteiger partial charge in [-0.3, -0.25) is 4.79 Å². The fraction of sp³-hybridized carbons (Fsp3) is 0.417. The second-order valence-electron chi connectivity index (χ2n) is 3.77. The van der Waals surface area contributed by atoms with Gasteiger partial charge in [0.1, 0.15) is 0 Å². The average molecular weight is 255 g/mol. The third-order valence-corrected chi connectivity index (χ3v) is 3.14. The third-order valence-electron chi connectivity index (χ3n) is 2.06. The topological polar surface area (TPSA) is 69.6 Å². The number of thioether (sulfide) groups is 1. The van der Waals surface area contributed by atoms with E-state index in [1.165, 1.54) is 11.8 Å². The lowest BCUT2D eigenvalue weighted by atomic mass is 10.2. The van der Waals surface area contributed by atoms with Crippen molar-refractivity contribution in [1.82, 2.24) is 0 Å². The van der Waals surface area contributed by atoms with Crippen LogP contribution in [0.2, 0.25) is 0 Å². The highest BCUT2D eigenvalue weighted by Crippen LogP contribution is 2.10. The summed E-state index contributed by atoms with van der Waals surface area (Å²) in [5, 5.41) is 20.5. The first kappa shape index (κ1) is 14.0. The Hall–Kier alpha value is -1.04. The molecule has 0 bridgehead atoms. The lowest BCUT2D eigenvalue weighted by molar-refractivity contribution is -0.113. The van der Waals surface area contributed by atoms with Crippen LogP contribution in [0, 0.1) is 6.92 Å². The van der Waals surface area contributed by atoms with Crippen molar-refractivity contribution < 1.29 is 15.0 Å². The average Bonchev–Trinajstić information content (AvgIpc) is 2.28. The van der Waals surface area contributed by atoms with Crippen molar-refractivity contribution in [2.45, 2.75) is 13.0 Å². The van der Waals surface area contributed by atoms with Crippen LogP contribution in [0.25, 0.3) is 0 Å². The van der Waals surface area contributed by atoms with Crippen molar-refractivity contribution in [3.63, 3.8) is 0 Å². The number of benzene rings is 1. The number of aliphatic hydroxyl groups excluding tert-OH is 2. The van der Waals surface area contributed by atoms with Crippen molar-refractivity contribution in [1.29, 1.82) is 0 Å². The maximum Gasteiger partial charge on any atom is 0.234 e. The minimum absolute atomic E-state index is 0.106. The van der Waals surface area contributed by atoms with Crippen LogP contribution < -0.4 is 5.32 Å². The Morgan fingerprint density at radius 1 is 1.53 bits per heavy atom. The zero-order valence-electron chi connectivity index (χ0n) is 9.72. The quantitative estimate of drug-likeness (QED) is 0.710. The van der Waals surface area contributed by atoms with Crippen LogP contribution in [0.4, 0.5) is 5.69 Å². The normalized spacial score (nSPS) is 12.2. The van der Waals surface area contributed by atoms with E-state index in [1.54, 1.807) is 0 Å². The molecule has 5 heteroatoms. The van der Waals surface area contributed by atoms with Gasteiger partial charge in [-0.05, 0) is 24.6 Å². The highest BCUT2D eigenvalue weighted by Gasteiger charge is 2.06. The number of anilines is 1. The summed E-state index contributed by atoms with van der Waals surface area (Å²) < 4.78 is 0. The molecule has 1 unspecified atom stereocenters. The maximum absolute atomic E-state index is 11.5. The number of hydrogen-bond acceptors (Lipinski definition) is 4. The smallest absolute Gasteiger partial charge is 0.234 e. The number of rotatable bonds is 6. The lowest BCUT2D eigenvalue weighted by Crippen LogP contribution is -2.19. The predicted molar refractivity (Wildman–Crippen MR) is 70.2 cm³/mol. The number of aryl methyl sites for hydroxylation is 1. The first-order chi connectivity index (χ1) is 8.11. The van der Waals surface area contributed by atoms with E-state index >= 15 is 0 Å². The molecule has 17 heavy (non-hydrogen) atoms. The highest BCUT2D eigenvalue weighted by atomic mass is 32.2. The number of carbonyl (C=O) groups excluding carboxylic acids is 1. The molecule has 1 atom stereocenters. The van der Waals surface area contributed by atoms with Crippen LogP contribution in [0.1, 0.15) is 5.56 Å². The maximum atomic E-state index is 11.5. The minimum Gasteiger partial charge on any atom is -0.394 e. The van der Waals surface area contributed by atoms with Gasteiger partial charge in [-0.25, -0.2) is 0 Å². The highest BCUT2D eigenvalue weighted by molar-refractivity contribution is 8.00. The van der Waals surface area contributed by atoms with Crippen LogP contribution in [0.15, 0.2) is 24.3 Å². The molecular formula is C12H17NO3S. The van der Waals surface area contributed by atoms with Crippen LogP contribution in [0.3, 0.4) is 0 Å². The SMILES string of the molecule is Cc1cccc(NC(=O)CSCC(O)CO)c1. The van der Waals surface area contributed by atoms with Crippen molar-refractivity contribution in [3.8, 4) is 0 Å². The molecule has 0 aliphatic heterocycles. The summed E-state index contributed by atoms with van der Waals surface area (Å²) in [7, 11) is 0. The molecule has 0 saturated carbocycles. The van der Waals surface area contributed by atoms with Crippen molar-refractivity contribution >= 4 is 23.4 Å². The second-order valence-corrected chi connectivity index (χ2v) is 4.80. The molecule has 1 rings (SSSR count). The number of amides is 1. The first-order valence-corrected chi connectivity index (χ1v) is 6.50. The molecule has 4 nitrogen and oxygen atoms in total. The van der Waals surface area contributed by atoms with Crippen LogP contribution in [-0.4, -0.2) is 40.3 Å². The largest absolute Gasteiger partial charge is 0.394 e. The fourth-order valence-electron chi connectivity index (χ4n) is 1.26. The third kappa shape index (κ3) is 5.72. The molecule has 3 N–H and O–H groups in total. The van der Waals surface area contributed by atoms with E-state index in [2.05, 4.69) is 5.32 Å². The van der Waals surface area contributed by atoms with E-state index in [0.717, 1.165) is 11.3 Å². The number of nitrogens with one attached hydrogen (secondary N) is 1. The molecule has 0 saturated heterocycles. The Kier molecular flexibility index (Phi) is 6.04. The Labute approximate surface area is 105 Å². The molecule has 1 aromatic rings. The molecule has 0 radical (unpaired) electrons. The summed E-state index contributed by atoms with van der Waals surface area (Å²) in [6, 6.07) is 7.57. The number of hydrogen-bond donors (Lipinski definition) is 3. The molecule has 0 spiro atoms. The molecule has 0 aliphatic carbocycles. The Bertz CT molecular complexity index is 371. The zero-order valence-corrected chi connectivity index (χ0v) is 10.5. The summed E-state index contributed by atoms with van der Waals surface area (Å²) >= 11 is 1.30. The first-order valence-electron chi connectivity index (χ1n) is 5.35.